The Hall–Kier alpha value is -1.39. The number of carbonyl (C=O) groups is 1. The van der Waals surface area contributed by atoms with Gasteiger partial charge in [0.25, 0.3) is 0 Å². The Morgan fingerprint density at radius 3 is 2.00 bits per heavy atom. The van der Waals surface area contributed by atoms with Crippen LogP contribution in [0, 0.1) is 0 Å². The maximum Gasteiger partial charge on any atom is 0.220 e. The molecule has 1 amide bonds. The van der Waals surface area contributed by atoms with Crippen LogP contribution in [0.4, 0.5) is 0 Å². The Bertz CT molecular complexity index is 548. The van der Waals surface area contributed by atoms with Crippen molar-refractivity contribution in [1.82, 2.24) is 5.32 Å². The van der Waals surface area contributed by atoms with Gasteiger partial charge in [-0.15, -0.1) is 0 Å². The number of benzene rings is 1. The van der Waals surface area contributed by atoms with Gasteiger partial charge in [0.2, 0.25) is 5.91 Å². The molecule has 0 spiro atoms. The number of hydrogen-bond acceptors (Lipinski definition) is 3. The molecule has 0 saturated heterocycles. The number of unbranched alkanes of at least 4 members (excludes halogenated alkanes) is 11. The van der Waals surface area contributed by atoms with Crippen LogP contribution >= 0.6 is 0 Å². The molecule has 172 valence electrons. The summed E-state index contributed by atoms with van der Waals surface area (Å²) < 4.78 is 0. The standard InChI is InChI=1S/C26H46N2O2/c1-2-25(29)18-13-11-9-7-5-3-4-6-8-10-12-14-19-26(30)28-22-24-17-15-16-23(20-24)21-27/h15-17,20,25,29H,2-14,18-19,21-22,27H2,1H3,(H,28,30). The van der Waals surface area contributed by atoms with E-state index in [-0.39, 0.29) is 12.0 Å². The van der Waals surface area contributed by atoms with Crippen LogP contribution in [0.25, 0.3) is 0 Å². The first-order valence-electron chi connectivity index (χ1n) is 12.4. The van der Waals surface area contributed by atoms with E-state index in [0.717, 1.165) is 36.8 Å². The largest absolute Gasteiger partial charge is 0.393 e. The molecule has 4 N–H and O–H groups in total. The number of aliphatic hydroxyl groups excluding tert-OH is 1. The molecule has 1 aromatic carbocycles. The quantitative estimate of drug-likeness (QED) is 0.241. The predicted octanol–water partition coefficient (Wildman–Crippen LogP) is 5.99. The van der Waals surface area contributed by atoms with Gasteiger partial charge in [0.05, 0.1) is 6.10 Å². The lowest BCUT2D eigenvalue weighted by molar-refractivity contribution is -0.121. The fourth-order valence-electron chi connectivity index (χ4n) is 3.79. The number of aliphatic hydroxyl groups is 1. The first-order valence-corrected chi connectivity index (χ1v) is 12.4. The molecule has 0 aliphatic rings. The fraction of sp³-hybridized carbons (Fsp3) is 0.731. The van der Waals surface area contributed by atoms with E-state index in [1.165, 1.54) is 64.2 Å². The number of rotatable bonds is 19. The first kappa shape index (κ1) is 26.6. The second-order valence-electron chi connectivity index (χ2n) is 8.64. The average molecular weight is 419 g/mol. The minimum Gasteiger partial charge on any atom is -0.393 e. The van der Waals surface area contributed by atoms with E-state index in [9.17, 15) is 9.90 Å². The highest BCUT2D eigenvalue weighted by Crippen LogP contribution is 2.14. The van der Waals surface area contributed by atoms with E-state index in [0.29, 0.717) is 19.5 Å². The van der Waals surface area contributed by atoms with Crippen LogP contribution in [-0.4, -0.2) is 17.1 Å². The Labute approximate surface area is 185 Å². The summed E-state index contributed by atoms with van der Waals surface area (Å²) in [7, 11) is 0. The van der Waals surface area contributed by atoms with Crippen molar-refractivity contribution in [3.63, 3.8) is 0 Å². The van der Waals surface area contributed by atoms with Crippen molar-refractivity contribution in [2.45, 2.75) is 122 Å². The number of hydrogen-bond donors (Lipinski definition) is 3. The second-order valence-corrected chi connectivity index (χ2v) is 8.64. The van der Waals surface area contributed by atoms with Gasteiger partial charge < -0.3 is 16.2 Å². The topological polar surface area (TPSA) is 75.3 Å². The molecule has 0 saturated carbocycles. The van der Waals surface area contributed by atoms with E-state index in [1.807, 2.05) is 25.1 Å². The Morgan fingerprint density at radius 2 is 1.43 bits per heavy atom. The van der Waals surface area contributed by atoms with Crippen molar-refractivity contribution in [3.05, 3.63) is 35.4 Å². The van der Waals surface area contributed by atoms with Gasteiger partial charge in [0.1, 0.15) is 0 Å². The minimum atomic E-state index is -0.0846. The summed E-state index contributed by atoms with van der Waals surface area (Å²) in [5.41, 5.74) is 7.87. The second kappa shape index (κ2) is 18.4. The molecule has 0 aliphatic heterocycles. The van der Waals surface area contributed by atoms with Crippen molar-refractivity contribution < 1.29 is 9.90 Å². The fourth-order valence-corrected chi connectivity index (χ4v) is 3.79. The highest BCUT2D eigenvalue weighted by Gasteiger charge is 2.02. The highest BCUT2D eigenvalue weighted by molar-refractivity contribution is 5.75. The van der Waals surface area contributed by atoms with Gasteiger partial charge in [-0.1, -0.05) is 102 Å². The molecule has 1 aromatic rings. The van der Waals surface area contributed by atoms with Crippen molar-refractivity contribution in [2.75, 3.05) is 0 Å². The SMILES string of the molecule is CCC(O)CCCCCCCCCCCCCCC(=O)NCc1cccc(CN)c1. The Morgan fingerprint density at radius 1 is 0.900 bits per heavy atom. The summed E-state index contributed by atoms with van der Waals surface area (Å²) in [5.74, 6) is 0.150. The van der Waals surface area contributed by atoms with E-state index in [1.54, 1.807) is 0 Å². The van der Waals surface area contributed by atoms with Crippen LogP contribution in [0.15, 0.2) is 24.3 Å². The smallest absolute Gasteiger partial charge is 0.220 e. The number of carbonyl (C=O) groups excluding carboxylic acids is 1. The Balaban J connectivity index is 1.84. The van der Waals surface area contributed by atoms with E-state index < -0.39 is 0 Å². The molecule has 0 radical (unpaired) electrons. The van der Waals surface area contributed by atoms with Crippen molar-refractivity contribution in [3.8, 4) is 0 Å². The van der Waals surface area contributed by atoms with Gasteiger partial charge in [-0.2, -0.15) is 0 Å². The van der Waals surface area contributed by atoms with Crippen LogP contribution < -0.4 is 11.1 Å². The third kappa shape index (κ3) is 14.6. The number of amides is 1. The molecule has 0 fully saturated rings. The normalized spacial score (nSPS) is 12.1. The van der Waals surface area contributed by atoms with Gasteiger partial charge in [-0.3, -0.25) is 4.79 Å². The molecule has 4 nitrogen and oxygen atoms in total. The molecular weight excluding hydrogens is 372 g/mol. The minimum absolute atomic E-state index is 0.0846. The molecule has 30 heavy (non-hydrogen) atoms. The van der Waals surface area contributed by atoms with Gasteiger partial charge >= 0.3 is 0 Å². The third-order valence-corrected chi connectivity index (χ3v) is 5.88. The summed E-state index contributed by atoms with van der Waals surface area (Å²) >= 11 is 0. The van der Waals surface area contributed by atoms with Crippen LogP contribution in [-0.2, 0) is 17.9 Å². The summed E-state index contributed by atoms with van der Waals surface area (Å²) in [5, 5.41) is 12.5. The average Bonchev–Trinajstić information content (AvgIpc) is 2.77. The number of nitrogens with two attached hydrogens (primary N) is 1. The molecule has 0 aromatic heterocycles. The van der Waals surface area contributed by atoms with Gasteiger partial charge in [0, 0.05) is 19.5 Å². The predicted molar refractivity (Wildman–Crippen MR) is 127 cm³/mol. The van der Waals surface area contributed by atoms with E-state index >= 15 is 0 Å². The van der Waals surface area contributed by atoms with E-state index in [2.05, 4.69) is 11.4 Å². The van der Waals surface area contributed by atoms with Gasteiger partial charge in [-0.05, 0) is 30.4 Å². The molecular formula is C26H46N2O2. The third-order valence-electron chi connectivity index (χ3n) is 5.88. The van der Waals surface area contributed by atoms with Crippen molar-refractivity contribution >= 4 is 5.91 Å². The molecule has 0 aliphatic carbocycles. The van der Waals surface area contributed by atoms with Crippen LogP contribution in [0.3, 0.4) is 0 Å². The Kier molecular flexibility index (Phi) is 16.3. The first-order chi connectivity index (χ1) is 14.7. The zero-order chi connectivity index (χ0) is 21.9. The zero-order valence-corrected chi connectivity index (χ0v) is 19.3. The summed E-state index contributed by atoms with van der Waals surface area (Å²) in [6, 6.07) is 8.08. The molecule has 1 rings (SSSR count). The van der Waals surface area contributed by atoms with Crippen LogP contribution in [0.5, 0.6) is 0 Å². The summed E-state index contributed by atoms with van der Waals surface area (Å²) in [6.07, 6.45) is 17.6. The molecule has 1 atom stereocenters. The lowest BCUT2D eigenvalue weighted by Crippen LogP contribution is -2.22. The monoisotopic (exact) mass is 418 g/mol. The number of nitrogens with one attached hydrogen (secondary N) is 1. The molecule has 0 heterocycles. The highest BCUT2D eigenvalue weighted by atomic mass is 16.3. The van der Waals surface area contributed by atoms with E-state index in [4.69, 9.17) is 5.73 Å². The molecule has 4 heteroatoms. The maximum absolute atomic E-state index is 12.0. The van der Waals surface area contributed by atoms with Crippen LogP contribution in [0.2, 0.25) is 0 Å². The summed E-state index contributed by atoms with van der Waals surface area (Å²) in [6.45, 7) is 3.17. The lowest BCUT2D eigenvalue weighted by Gasteiger charge is -2.07. The van der Waals surface area contributed by atoms with Crippen molar-refractivity contribution in [2.24, 2.45) is 5.73 Å². The maximum atomic E-state index is 12.0. The molecule has 1 unspecified atom stereocenters. The van der Waals surface area contributed by atoms with Gasteiger partial charge in [-0.25, -0.2) is 0 Å². The molecule has 0 bridgehead atoms. The van der Waals surface area contributed by atoms with Crippen LogP contribution in [0.1, 0.15) is 114 Å². The lowest BCUT2D eigenvalue weighted by atomic mass is 10.0. The summed E-state index contributed by atoms with van der Waals surface area (Å²) in [4.78, 5) is 12.0. The zero-order valence-electron chi connectivity index (χ0n) is 19.3. The van der Waals surface area contributed by atoms with Crippen molar-refractivity contribution in [1.29, 1.82) is 0 Å². The van der Waals surface area contributed by atoms with Gasteiger partial charge in [0.15, 0.2) is 0 Å².